The number of thiophene rings is 1. The largest absolute Gasteiger partial charge is 0.321 e. The second kappa shape index (κ2) is 6.72. The lowest BCUT2D eigenvalue weighted by atomic mass is 10.1. The summed E-state index contributed by atoms with van der Waals surface area (Å²) in [5.74, 6) is -0.544. The molecule has 1 aromatic carbocycles. The molecule has 2 aromatic heterocycles. The van der Waals surface area contributed by atoms with E-state index in [4.69, 9.17) is 0 Å². The molecule has 3 rings (SSSR count). The summed E-state index contributed by atoms with van der Waals surface area (Å²) in [5, 5.41) is 11.5. The summed E-state index contributed by atoms with van der Waals surface area (Å²) in [5.41, 5.74) is 2.28. The van der Waals surface area contributed by atoms with Gasteiger partial charge < -0.3 is 5.32 Å². The third-order valence-electron chi connectivity index (χ3n) is 3.04. The average Bonchev–Trinajstić information content (AvgIpc) is 3.19. The van der Waals surface area contributed by atoms with Crippen molar-refractivity contribution in [1.82, 2.24) is 4.98 Å². The van der Waals surface area contributed by atoms with E-state index in [0.717, 1.165) is 5.69 Å². The molecule has 0 aliphatic carbocycles. The Hall–Kier alpha value is -2.51. The molecule has 23 heavy (non-hydrogen) atoms. The van der Waals surface area contributed by atoms with Crippen molar-refractivity contribution in [2.45, 2.75) is 6.92 Å². The number of rotatable bonds is 4. The molecule has 2 amide bonds. The summed E-state index contributed by atoms with van der Waals surface area (Å²) in [4.78, 5) is 28.8. The van der Waals surface area contributed by atoms with Crippen molar-refractivity contribution in [2.75, 3.05) is 10.6 Å². The number of aromatic nitrogens is 1. The number of carbonyl (C=O) groups is 2. The lowest BCUT2D eigenvalue weighted by molar-refractivity contribution is 0.102. The molecule has 0 saturated carbocycles. The number of amides is 2. The van der Waals surface area contributed by atoms with Crippen LogP contribution < -0.4 is 10.6 Å². The maximum Gasteiger partial charge on any atom is 0.259 e. The van der Waals surface area contributed by atoms with Crippen LogP contribution in [0.25, 0.3) is 0 Å². The number of para-hydroxylation sites is 1. The van der Waals surface area contributed by atoms with Crippen LogP contribution >= 0.6 is 22.7 Å². The zero-order valence-electron chi connectivity index (χ0n) is 12.2. The fourth-order valence-corrected chi connectivity index (χ4v) is 3.27. The lowest BCUT2D eigenvalue weighted by Crippen LogP contribution is -2.17. The molecule has 0 bridgehead atoms. The number of nitrogens with zero attached hydrogens (tertiary/aromatic N) is 1. The lowest BCUT2D eigenvalue weighted by Gasteiger charge is -2.10. The number of carbonyl (C=O) groups excluding carboxylic acids is 2. The highest BCUT2D eigenvalue weighted by Crippen LogP contribution is 2.20. The minimum atomic E-state index is -0.305. The number of benzene rings is 1. The summed E-state index contributed by atoms with van der Waals surface area (Å²) in [6.45, 7) is 1.86. The number of aryl methyl sites for hydroxylation is 1. The molecule has 2 heterocycles. The minimum absolute atomic E-state index is 0.239. The quantitative estimate of drug-likeness (QED) is 0.751. The van der Waals surface area contributed by atoms with Crippen molar-refractivity contribution < 1.29 is 9.59 Å². The molecular formula is C16H13N3O2S2. The van der Waals surface area contributed by atoms with Crippen LogP contribution in [-0.4, -0.2) is 16.8 Å². The van der Waals surface area contributed by atoms with Crippen molar-refractivity contribution in [3.8, 4) is 0 Å². The van der Waals surface area contributed by atoms with Gasteiger partial charge in [-0.05, 0) is 30.5 Å². The van der Waals surface area contributed by atoms with Crippen molar-refractivity contribution in [2.24, 2.45) is 0 Å². The average molecular weight is 343 g/mol. The van der Waals surface area contributed by atoms with Gasteiger partial charge in [-0.15, -0.1) is 11.3 Å². The van der Waals surface area contributed by atoms with E-state index >= 15 is 0 Å². The summed E-state index contributed by atoms with van der Waals surface area (Å²) < 4.78 is 0. The molecule has 5 nitrogen and oxygen atoms in total. The Balaban J connectivity index is 1.80. The molecule has 0 fully saturated rings. The van der Waals surface area contributed by atoms with Crippen LogP contribution in [0.1, 0.15) is 26.4 Å². The van der Waals surface area contributed by atoms with E-state index in [1.807, 2.05) is 17.7 Å². The molecule has 0 aliphatic heterocycles. The van der Waals surface area contributed by atoms with Crippen molar-refractivity contribution >= 4 is 45.3 Å². The van der Waals surface area contributed by atoms with Crippen LogP contribution in [0, 0.1) is 6.92 Å². The normalized spacial score (nSPS) is 10.3. The second-order valence-corrected chi connectivity index (χ2v) is 6.40. The second-order valence-electron chi connectivity index (χ2n) is 4.76. The van der Waals surface area contributed by atoms with Crippen LogP contribution in [0.5, 0.6) is 0 Å². The van der Waals surface area contributed by atoms with Gasteiger partial charge in [0.05, 0.1) is 22.5 Å². The van der Waals surface area contributed by atoms with Gasteiger partial charge in [0, 0.05) is 10.8 Å². The minimum Gasteiger partial charge on any atom is -0.321 e. The van der Waals surface area contributed by atoms with Crippen LogP contribution in [-0.2, 0) is 0 Å². The molecule has 0 atom stereocenters. The highest BCUT2D eigenvalue weighted by molar-refractivity contribution is 7.14. The van der Waals surface area contributed by atoms with Gasteiger partial charge in [-0.25, -0.2) is 4.98 Å². The summed E-state index contributed by atoms with van der Waals surface area (Å²) in [6, 6.07) is 8.63. The molecule has 0 radical (unpaired) electrons. The fourth-order valence-electron chi connectivity index (χ4n) is 1.95. The van der Waals surface area contributed by atoms with E-state index in [0.29, 0.717) is 21.9 Å². The predicted molar refractivity (Wildman–Crippen MR) is 93.5 cm³/mol. The highest BCUT2D eigenvalue weighted by atomic mass is 32.1. The summed E-state index contributed by atoms with van der Waals surface area (Å²) in [7, 11) is 0. The zero-order chi connectivity index (χ0) is 16.2. The number of nitrogens with one attached hydrogen (secondary N) is 2. The maximum absolute atomic E-state index is 12.4. The molecule has 7 heteroatoms. The van der Waals surface area contributed by atoms with Gasteiger partial charge in [-0.1, -0.05) is 12.1 Å². The topological polar surface area (TPSA) is 71.1 Å². The first kappa shape index (κ1) is 15.4. The van der Waals surface area contributed by atoms with Crippen LogP contribution in [0.3, 0.4) is 0 Å². The molecule has 116 valence electrons. The Morgan fingerprint density at radius 3 is 2.57 bits per heavy atom. The van der Waals surface area contributed by atoms with Gasteiger partial charge in [-0.3, -0.25) is 14.9 Å². The molecule has 3 aromatic rings. The monoisotopic (exact) mass is 343 g/mol. The van der Waals surface area contributed by atoms with Gasteiger partial charge in [0.2, 0.25) is 0 Å². The predicted octanol–water partition coefficient (Wildman–Crippen LogP) is 4.02. The Kier molecular flexibility index (Phi) is 4.50. The van der Waals surface area contributed by atoms with Crippen molar-refractivity contribution in [3.05, 3.63) is 63.3 Å². The van der Waals surface area contributed by atoms with E-state index in [-0.39, 0.29) is 11.8 Å². The van der Waals surface area contributed by atoms with E-state index in [2.05, 4.69) is 15.6 Å². The van der Waals surface area contributed by atoms with Gasteiger partial charge >= 0.3 is 0 Å². The molecule has 0 aliphatic rings. The zero-order valence-corrected chi connectivity index (χ0v) is 13.8. The van der Waals surface area contributed by atoms with Crippen LogP contribution in [0.4, 0.5) is 10.8 Å². The number of anilines is 2. The van der Waals surface area contributed by atoms with E-state index in [1.54, 1.807) is 35.7 Å². The van der Waals surface area contributed by atoms with E-state index < -0.39 is 0 Å². The first-order valence-electron chi connectivity index (χ1n) is 6.79. The summed E-state index contributed by atoms with van der Waals surface area (Å²) >= 11 is 2.81. The van der Waals surface area contributed by atoms with Gasteiger partial charge in [0.1, 0.15) is 0 Å². The maximum atomic E-state index is 12.4. The van der Waals surface area contributed by atoms with Crippen LogP contribution in [0.2, 0.25) is 0 Å². The third-order valence-corrected chi connectivity index (χ3v) is 4.60. The standard InChI is InChI=1S/C16H13N3O2S2/c1-10-8-23-16(17-10)19-15(21)12-4-2-3-5-13(12)18-14(20)11-6-7-22-9-11/h2-9H,1H3,(H,18,20)(H,17,19,21). The molecular weight excluding hydrogens is 330 g/mol. The Morgan fingerprint density at radius 2 is 1.87 bits per heavy atom. The van der Waals surface area contributed by atoms with E-state index in [1.165, 1.54) is 22.7 Å². The number of hydrogen-bond donors (Lipinski definition) is 2. The molecule has 0 saturated heterocycles. The molecule has 0 unspecified atom stereocenters. The van der Waals surface area contributed by atoms with Gasteiger partial charge in [-0.2, -0.15) is 11.3 Å². The molecule has 0 spiro atoms. The Labute approximate surface area is 141 Å². The summed E-state index contributed by atoms with van der Waals surface area (Å²) in [6.07, 6.45) is 0. The number of thiazole rings is 1. The van der Waals surface area contributed by atoms with E-state index in [9.17, 15) is 9.59 Å². The number of hydrogen-bond acceptors (Lipinski definition) is 5. The third kappa shape index (κ3) is 3.64. The first-order valence-corrected chi connectivity index (χ1v) is 8.62. The Bertz CT molecular complexity index is 841. The fraction of sp³-hybridized carbons (Fsp3) is 0.0625. The van der Waals surface area contributed by atoms with Gasteiger partial charge in [0.15, 0.2) is 5.13 Å². The smallest absolute Gasteiger partial charge is 0.259 e. The first-order chi connectivity index (χ1) is 11.1. The molecule has 2 N–H and O–H groups in total. The van der Waals surface area contributed by atoms with Crippen molar-refractivity contribution in [1.29, 1.82) is 0 Å². The SMILES string of the molecule is Cc1csc(NC(=O)c2ccccc2NC(=O)c2ccsc2)n1. The van der Waals surface area contributed by atoms with Crippen LogP contribution in [0.15, 0.2) is 46.5 Å². The highest BCUT2D eigenvalue weighted by Gasteiger charge is 2.15. The van der Waals surface area contributed by atoms with Crippen molar-refractivity contribution in [3.63, 3.8) is 0 Å². The Morgan fingerprint density at radius 1 is 1.04 bits per heavy atom. The van der Waals surface area contributed by atoms with Gasteiger partial charge in [0.25, 0.3) is 11.8 Å².